The summed E-state index contributed by atoms with van der Waals surface area (Å²) in [6.45, 7) is 2.22. The van der Waals surface area contributed by atoms with Gasteiger partial charge in [0.25, 0.3) is 0 Å². The van der Waals surface area contributed by atoms with E-state index in [1.165, 1.54) is 20.3 Å². The predicted molar refractivity (Wildman–Crippen MR) is 120 cm³/mol. The zero-order chi connectivity index (χ0) is 23.5. The number of nitrogens with zero attached hydrogens (tertiary/aromatic N) is 3. The SMILES string of the molecule is COc1ccc(N2CC(C(=O)NCc3ccc(-n4ccnc4C)c(F)c3)CC2=O)cc1OC. The summed E-state index contributed by atoms with van der Waals surface area (Å²) in [6.07, 6.45) is 3.40. The molecule has 8 nitrogen and oxygen atoms in total. The maximum atomic E-state index is 14.6. The zero-order valence-electron chi connectivity index (χ0n) is 18.7. The summed E-state index contributed by atoms with van der Waals surface area (Å²) in [5, 5.41) is 2.82. The number of aromatic nitrogens is 2. The molecular formula is C24H25FN4O4. The van der Waals surface area contributed by atoms with E-state index >= 15 is 0 Å². The van der Waals surface area contributed by atoms with Crippen LogP contribution in [-0.2, 0) is 16.1 Å². The van der Waals surface area contributed by atoms with Crippen molar-refractivity contribution in [2.45, 2.75) is 19.9 Å². The molecule has 0 radical (unpaired) electrons. The van der Waals surface area contributed by atoms with E-state index in [0.29, 0.717) is 34.3 Å². The molecule has 9 heteroatoms. The third kappa shape index (κ3) is 4.52. The lowest BCUT2D eigenvalue weighted by molar-refractivity contribution is -0.126. The van der Waals surface area contributed by atoms with Crippen LogP contribution in [0.1, 0.15) is 17.8 Å². The van der Waals surface area contributed by atoms with Crippen LogP contribution in [0, 0.1) is 18.7 Å². The minimum Gasteiger partial charge on any atom is -0.493 e. The van der Waals surface area contributed by atoms with Crippen LogP contribution in [0.25, 0.3) is 5.69 Å². The van der Waals surface area contributed by atoms with Crippen LogP contribution in [-0.4, -0.2) is 42.1 Å². The van der Waals surface area contributed by atoms with Gasteiger partial charge in [-0.15, -0.1) is 0 Å². The van der Waals surface area contributed by atoms with Crippen LogP contribution in [0.3, 0.4) is 0 Å². The van der Waals surface area contributed by atoms with E-state index in [-0.39, 0.29) is 31.3 Å². The Morgan fingerprint density at radius 3 is 2.64 bits per heavy atom. The second-order valence-electron chi connectivity index (χ2n) is 7.79. The normalized spacial score (nSPS) is 15.6. The molecular weight excluding hydrogens is 427 g/mol. The number of carbonyl (C=O) groups is 2. The molecule has 2 heterocycles. The average Bonchev–Trinajstić information content (AvgIpc) is 3.42. The molecule has 1 N–H and O–H groups in total. The van der Waals surface area contributed by atoms with E-state index in [2.05, 4.69) is 10.3 Å². The number of rotatable bonds is 7. The van der Waals surface area contributed by atoms with Crippen molar-refractivity contribution < 1.29 is 23.5 Å². The highest BCUT2D eigenvalue weighted by Gasteiger charge is 2.35. The van der Waals surface area contributed by atoms with Gasteiger partial charge in [-0.05, 0) is 36.8 Å². The second-order valence-corrected chi connectivity index (χ2v) is 7.79. The highest BCUT2D eigenvalue weighted by molar-refractivity contribution is 6.00. The Kier molecular flexibility index (Phi) is 6.30. The van der Waals surface area contributed by atoms with E-state index in [4.69, 9.17) is 9.47 Å². The molecule has 3 aromatic rings. The van der Waals surface area contributed by atoms with Crippen LogP contribution < -0.4 is 19.7 Å². The number of imidazole rings is 1. The molecule has 1 atom stereocenters. The molecule has 172 valence electrons. The maximum absolute atomic E-state index is 14.6. The Balaban J connectivity index is 1.39. The van der Waals surface area contributed by atoms with Crippen molar-refractivity contribution >= 4 is 17.5 Å². The summed E-state index contributed by atoms with van der Waals surface area (Å²) in [6, 6.07) is 10.00. The monoisotopic (exact) mass is 452 g/mol. The van der Waals surface area contributed by atoms with E-state index in [1.807, 2.05) is 0 Å². The number of methoxy groups -OCH3 is 2. The van der Waals surface area contributed by atoms with E-state index in [9.17, 15) is 14.0 Å². The van der Waals surface area contributed by atoms with Gasteiger partial charge in [0.2, 0.25) is 11.8 Å². The van der Waals surface area contributed by atoms with Crippen LogP contribution in [0.15, 0.2) is 48.8 Å². The summed E-state index contributed by atoms with van der Waals surface area (Å²) >= 11 is 0. The number of hydrogen-bond acceptors (Lipinski definition) is 5. The Morgan fingerprint density at radius 2 is 1.97 bits per heavy atom. The van der Waals surface area contributed by atoms with E-state index in [0.717, 1.165) is 0 Å². The minimum absolute atomic E-state index is 0.105. The van der Waals surface area contributed by atoms with Crippen molar-refractivity contribution in [1.82, 2.24) is 14.9 Å². The number of ether oxygens (including phenoxy) is 2. The van der Waals surface area contributed by atoms with Gasteiger partial charge in [-0.2, -0.15) is 0 Å². The zero-order valence-corrected chi connectivity index (χ0v) is 18.7. The molecule has 2 amide bonds. The van der Waals surface area contributed by atoms with Gasteiger partial charge in [-0.25, -0.2) is 9.37 Å². The third-order valence-electron chi connectivity index (χ3n) is 5.74. The number of carbonyl (C=O) groups excluding carboxylic acids is 2. The molecule has 0 saturated carbocycles. The van der Waals surface area contributed by atoms with Gasteiger partial charge in [0.15, 0.2) is 11.5 Å². The second kappa shape index (κ2) is 9.32. The fourth-order valence-corrected chi connectivity index (χ4v) is 3.95. The third-order valence-corrected chi connectivity index (χ3v) is 5.74. The number of benzene rings is 2. The lowest BCUT2D eigenvalue weighted by Gasteiger charge is -2.18. The molecule has 1 saturated heterocycles. The molecule has 0 bridgehead atoms. The Morgan fingerprint density at radius 1 is 1.18 bits per heavy atom. The Bertz CT molecular complexity index is 1190. The van der Waals surface area contributed by atoms with Crippen molar-refractivity contribution in [3.8, 4) is 17.2 Å². The molecule has 1 unspecified atom stereocenters. The van der Waals surface area contributed by atoms with Gasteiger partial charge >= 0.3 is 0 Å². The molecule has 33 heavy (non-hydrogen) atoms. The number of hydrogen-bond donors (Lipinski definition) is 1. The first-order valence-electron chi connectivity index (χ1n) is 10.5. The standard InChI is InChI=1S/C24H25FN4O4/c1-15-26-8-9-28(15)20-6-4-16(10-19(20)25)13-27-24(31)17-11-23(30)29(14-17)18-5-7-21(32-2)22(12-18)33-3/h4-10,12,17H,11,13-14H2,1-3H3,(H,27,31). The summed E-state index contributed by atoms with van der Waals surface area (Å²) in [4.78, 5) is 30.9. The van der Waals surface area contributed by atoms with Crippen molar-refractivity contribution in [3.05, 3.63) is 66.0 Å². The van der Waals surface area contributed by atoms with Crippen molar-refractivity contribution in [2.75, 3.05) is 25.7 Å². The molecule has 0 aliphatic carbocycles. The van der Waals surface area contributed by atoms with Crippen LogP contribution in [0.5, 0.6) is 11.5 Å². The van der Waals surface area contributed by atoms with Crippen molar-refractivity contribution in [1.29, 1.82) is 0 Å². The highest BCUT2D eigenvalue weighted by atomic mass is 19.1. The van der Waals surface area contributed by atoms with Crippen molar-refractivity contribution in [2.24, 2.45) is 5.92 Å². The molecule has 1 aliphatic rings. The number of aryl methyl sites for hydroxylation is 1. The topological polar surface area (TPSA) is 85.7 Å². The average molecular weight is 452 g/mol. The van der Waals surface area contributed by atoms with Gasteiger partial charge < -0.3 is 24.3 Å². The quantitative estimate of drug-likeness (QED) is 0.596. The maximum Gasteiger partial charge on any atom is 0.227 e. The molecule has 1 aromatic heterocycles. The number of halogens is 1. The predicted octanol–water partition coefficient (Wildman–Crippen LogP) is 3.01. The first-order valence-corrected chi connectivity index (χ1v) is 10.5. The van der Waals surface area contributed by atoms with Gasteiger partial charge in [0.1, 0.15) is 11.6 Å². The van der Waals surface area contributed by atoms with Crippen molar-refractivity contribution in [3.63, 3.8) is 0 Å². The Labute approximate surface area is 190 Å². The van der Waals surface area contributed by atoms with Gasteiger partial charge in [-0.3, -0.25) is 9.59 Å². The molecule has 2 aromatic carbocycles. The van der Waals surface area contributed by atoms with Crippen LogP contribution in [0.2, 0.25) is 0 Å². The largest absolute Gasteiger partial charge is 0.493 e. The summed E-state index contributed by atoms with van der Waals surface area (Å²) in [7, 11) is 3.06. The molecule has 0 spiro atoms. The number of nitrogens with one attached hydrogen (secondary N) is 1. The lowest BCUT2D eigenvalue weighted by Crippen LogP contribution is -2.32. The number of anilines is 1. The smallest absolute Gasteiger partial charge is 0.227 e. The molecule has 1 fully saturated rings. The number of amides is 2. The summed E-state index contributed by atoms with van der Waals surface area (Å²) in [5.41, 5.74) is 1.66. The minimum atomic E-state index is -0.497. The first kappa shape index (κ1) is 22.3. The first-order chi connectivity index (χ1) is 15.9. The van der Waals surface area contributed by atoms with Crippen LogP contribution >= 0.6 is 0 Å². The van der Waals surface area contributed by atoms with E-state index < -0.39 is 11.7 Å². The van der Waals surface area contributed by atoms with Gasteiger partial charge in [-0.1, -0.05) is 6.07 Å². The summed E-state index contributed by atoms with van der Waals surface area (Å²) < 4.78 is 26.8. The van der Waals surface area contributed by atoms with Gasteiger partial charge in [0, 0.05) is 43.7 Å². The van der Waals surface area contributed by atoms with Crippen LogP contribution in [0.4, 0.5) is 10.1 Å². The fraction of sp³-hybridized carbons (Fsp3) is 0.292. The lowest BCUT2D eigenvalue weighted by atomic mass is 10.1. The van der Waals surface area contributed by atoms with Gasteiger partial charge in [0.05, 0.1) is 25.8 Å². The highest BCUT2D eigenvalue weighted by Crippen LogP contribution is 2.34. The molecule has 1 aliphatic heterocycles. The van der Waals surface area contributed by atoms with E-state index in [1.54, 1.807) is 59.1 Å². The fourth-order valence-electron chi connectivity index (χ4n) is 3.95. The Hall–Kier alpha value is -3.88. The molecule has 4 rings (SSSR count). The summed E-state index contributed by atoms with van der Waals surface area (Å²) in [5.74, 6) is 0.451.